The molecule has 1 atom stereocenters. The van der Waals surface area contributed by atoms with Gasteiger partial charge in [-0.1, -0.05) is 25.4 Å². The molecule has 1 unspecified atom stereocenters. The summed E-state index contributed by atoms with van der Waals surface area (Å²) in [4.78, 5) is 37.8. The highest BCUT2D eigenvalue weighted by atomic mass is 35.5. The molecule has 0 bridgehead atoms. The van der Waals surface area contributed by atoms with Crippen molar-refractivity contribution in [3.8, 4) is 17.2 Å². The molecule has 3 amide bonds. The van der Waals surface area contributed by atoms with Gasteiger partial charge >= 0.3 is 0 Å². The van der Waals surface area contributed by atoms with Gasteiger partial charge in [0.1, 0.15) is 11.7 Å². The second-order valence-electron chi connectivity index (χ2n) is 7.21. The van der Waals surface area contributed by atoms with E-state index in [2.05, 4.69) is 16.2 Å². The normalized spacial score (nSPS) is 11.5. The summed E-state index contributed by atoms with van der Waals surface area (Å²) < 4.78 is 17.3. The smallest absolute Gasteiger partial charge is 0.286 e. The van der Waals surface area contributed by atoms with Gasteiger partial charge in [0, 0.05) is 18.8 Å². The molecule has 2 rings (SSSR count). The first kappa shape index (κ1) is 24.9. The Morgan fingerprint density at radius 2 is 1.53 bits per heavy atom. The van der Waals surface area contributed by atoms with Crippen molar-refractivity contribution in [1.29, 1.82) is 0 Å². The molecule has 1 aromatic carbocycles. The first-order chi connectivity index (χ1) is 15.1. The van der Waals surface area contributed by atoms with Gasteiger partial charge in [-0.3, -0.25) is 25.2 Å². The highest BCUT2D eigenvalue weighted by Crippen LogP contribution is 2.38. The van der Waals surface area contributed by atoms with Gasteiger partial charge < -0.3 is 24.1 Å². The van der Waals surface area contributed by atoms with Crippen molar-refractivity contribution in [1.82, 2.24) is 20.7 Å². The second kappa shape index (κ2) is 10.8. The number of aryl methyl sites for hydroxylation is 1. The number of methoxy groups -OCH3 is 3. The highest BCUT2D eigenvalue weighted by molar-refractivity contribution is 6.31. The molecule has 0 aliphatic carbocycles. The molecule has 1 aromatic heterocycles. The number of aromatic nitrogens is 1. The molecule has 2 aromatic rings. The monoisotopic (exact) mass is 466 g/mol. The van der Waals surface area contributed by atoms with E-state index in [4.69, 9.17) is 25.8 Å². The van der Waals surface area contributed by atoms with Crippen molar-refractivity contribution in [2.75, 3.05) is 21.3 Å². The summed E-state index contributed by atoms with van der Waals surface area (Å²) in [5, 5.41) is 3.06. The zero-order valence-corrected chi connectivity index (χ0v) is 19.5. The zero-order chi connectivity index (χ0) is 24.0. The van der Waals surface area contributed by atoms with Gasteiger partial charge in [-0.25, -0.2) is 0 Å². The van der Waals surface area contributed by atoms with Crippen LogP contribution in [0.3, 0.4) is 0 Å². The molecule has 0 saturated heterocycles. The molecular weight excluding hydrogens is 440 g/mol. The number of ether oxygens (including phenoxy) is 3. The van der Waals surface area contributed by atoms with Crippen molar-refractivity contribution in [3.05, 3.63) is 40.7 Å². The van der Waals surface area contributed by atoms with Crippen LogP contribution in [0.15, 0.2) is 24.4 Å². The Bertz CT molecular complexity index is 979. The lowest BCUT2D eigenvalue weighted by Crippen LogP contribution is -2.54. The number of nitrogens with one attached hydrogen (secondary N) is 3. The number of carbonyl (C=O) groups is 3. The molecule has 1 heterocycles. The fraction of sp³-hybridized carbons (Fsp3) is 0.381. The number of amides is 3. The Balaban J connectivity index is 2.14. The van der Waals surface area contributed by atoms with E-state index in [-0.39, 0.29) is 17.2 Å². The molecule has 0 fully saturated rings. The molecule has 11 heteroatoms. The van der Waals surface area contributed by atoms with Crippen LogP contribution in [0.1, 0.15) is 34.7 Å². The van der Waals surface area contributed by atoms with Gasteiger partial charge in [-0.2, -0.15) is 0 Å². The number of hydrazine groups is 1. The van der Waals surface area contributed by atoms with Gasteiger partial charge in [0.15, 0.2) is 11.5 Å². The number of hydrogen-bond donors (Lipinski definition) is 3. The highest BCUT2D eigenvalue weighted by Gasteiger charge is 2.27. The van der Waals surface area contributed by atoms with Crippen molar-refractivity contribution in [2.45, 2.75) is 19.9 Å². The second-order valence-corrected chi connectivity index (χ2v) is 7.64. The Morgan fingerprint density at radius 3 is 1.97 bits per heavy atom. The van der Waals surface area contributed by atoms with E-state index in [9.17, 15) is 14.4 Å². The van der Waals surface area contributed by atoms with E-state index in [1.807, 2.05) is 0 Å². The summed E-state index contributed by atoms with van der Waals surface area (Å²) in [7, 11) is 5.98. The van der Waals surface area contributed by atoms with Gasteiger partial charge in [-0.05, 0) is 24.1 Å². The van der Waals surface area contributed by atoms with Crippen molar-refractivity contribution >= 4 is 29.3 Å². The maximum atomic E-state index is 12.9. The molecule has 0 aliphatic rings. The fourth-order valence-electron chi connectivity index (χ4n) is 2.98. The van der Waals surface area contributed by atoms with E-state index in [0.29, 0.717) is 22.3 Å². The first-order valence-corrected chi connectivity index (χ1v) is 10.0. The topological polar surface area (TPSA) is 120 Å². The van der Waals surface area contributed by atoms with Gasteiger partial charge in [0.25, 0.3) is 17.7 Å². The number of rotatable bonds is 8. The van der Waals surface area contributed by atoms with Crippen LogP contribution in [0.2, 0.25) is 5.02 Å². The molecule has 32 heavy (non-hydrogen) atoms. The number of halogens is 1. The minimum absolute atomic E-state index is 0.209. The minimum atomic E-state index is -0.932. The number of carbonyl (C=O) groups excluding carboxylic acids is 3. The van der Waals surface area contributed by atoms with Crippen LogP contribution < -0.4 is 30.4 Å². The van der Waals surface area contributed by atoms with Crippen LogP contribution in [0.5, 0.6) is 17.2 Å². The van der Waals surface area contributed by atoms with Gasteiger partial charge in [0.05, 0.1) is 26.4 Å². The quantitative estimate of drug-likeness (QED) is 0.511. The fourth-order valence-corrected chi connectivity index (χ4v) is 3.23. The molecule has 10 nitrogen and oxygen atoms in total. The molecule has 0 radical (unpaired) electrons. The largest absolute Gasteiger partial charge is 0.493 e. The molecule has 0 saturated carbocycles. The van der Waals surface area contributed by atoms with Crippen molar-refractivity contribution in [2.24, 2.45) is 13.0 Å². The Morgan fingerprint density at radius 1 is 0.938 bits per heavy atom. The SMILES string of the molecule is COc1cc(C(=O)NC(C(=O)NNC(=O)c2cc(Cl)cn2C)C(C)C)cc(OC)c1OC. The Labute approximate surface area is 191 Å². The maximum absolute atomic E-state index is 12.9. The predicted octanol–water partition coefficient (Wildman–Crippen LogP) is 1.92. The van der Waals surface area contributed by atoms with Crippen molar-refractivity contribution in [3.63, 3.8) is 0 Å². The third kappa shape index (κ3) is 5.64. The van der Waals surface area contributed by atoms with E-state index in [1.54, 1.807) is 27.1 Å². The Hall–Kier alpha value is -3.40. The summed E-state index contributed by atoms with van der Waals surface area (Å²) in [6.45, 7) is 3.52. The summed E-state index contributed by atoms with van der Waals surface area (Å²) in [6.07, 6.45) is 1.56. The third-order valence-electron chi connectivity index (χ3n) is 4.67. The Kier molecular flexibility index (Phi) is 8.36. The van der Waals surface area contributed by atoms with Crippen LogP contribution in [0, 0.1) is 5.92 Å². The van der Waals surface area contributed by atoms with Gasteiger partial charge in [0.2, 0.25) is 5.75 Å². The standard InChI is InChI=1S/C21H27ClN4O6/c1-11(2)17(21(29)25-24-20(28)14-9-13(22)10-26(14)3)23-19(27)12-7-15(30-4)18(32-6)16(8-12)31-5/h7-11,17H,1-6H3,(H,23,27)(H,24,28)(H,25,29). The van der Waals surface area contributed by atoms with E-state index < -0.39 is 23.8 Å². The lowest BCUT2D eigenvalue weighted by atomic mass is 10.0. The van der Waals surface area contributed by atoms with Crippen LogP contribution in [-0.2, 0) is 11.8 Å². The van der Waals surface area contributed by atoms with Crippen LogP contribution in [0.4, 0.5) is 0 Å². The summed E-state index contributed by atoms with van der Waals surface area (Å²) >= 11 is 5.88. The molecule has 0 spiro atoms. The maximum Gasteiger partial charge on any atom is 0.286 e. The van der Waals surface area contributed by atoms with Crippen LogP contribution >= 0.6 is 11.6 Å². The third-order valence-corrected chi connectivity index (χ3v) is 4.87. The molecular formula is C21H27ClN4O6. The predicted molar refractivity (Wildman–Crippen MR) is 118 cm³/mol. The summed E-state index contributed by atoms with van der Waals surface area (Å²) in [6, 6.07) is 3.49. The lowest BCUT2D eigenvalue weighted by molar-refractivity contribution is -0.124. The summed E-state index contributed by atoms with van der Waals surface area (Å²) in [5.74, 6) is -0.998. The van der Waals surface area contributed by atoms with Crippen LogP contribution in [-0.4, -0.2) is 49.7 Å². The average molecular weight is 467 g/mol. The van der Waals surface area contributed by atoms with Crippen molar-refractivity contribution < 1.29 is 28.6 Å². The van der Waals surface area contributed by atoms with E-state index in [1.165, 1.54) is 44.1 Å². The average Bonchev–Trinajstić information content (AvgIpc) is 3.11. The number of hydrogen-bond acceptors (Lipinski definition) is 6. The zero-order valence-electron chi connectivity index (χ0n) is 18.7. The van der Waals surface area contributed by atoms with Crippen LogP contribution in [0.25, 0.3) is 0 Å². The lowest BCUT2D eigenvalue weighted by Gasteiger charge is -2.22. The minimum Gasteiger partial charge on any atom is -0.493 e. The first-order valence-electron chi connectivity index (χ1n) is 9.65. The molecule has 0 aliphatic heterocycles. The number of nitrogens with zero attached hydrogens (tertiary/aromatic N) is 1. The molecule has 174 valence electrons. The number of benzene rings is 1. The molecule has 3 N–H and O–H groups in total. The summed E-state index contributed by atoms with van der Waals surface area (Å²) in [5.41, 5.74) is 5.14. The van der Waals surface area contributed by atoms with Gasteiger partial charge in [-0.15, -0.1) is 0 Å². The van der Waals surface area contributed by atoms with E-state index in [0.717, 1.165) is 0 Å². The van der Waals surface area contributed by atoms with E-state index >= 15 is 0 Å².